The van der Waals surface area contributed by atoms with Crippen LogP contribution in [0.3, 0.4) is 0 Å². The first-order valence-electron chi connectivity index (χ1n) is 7.73. The van der Waals surface area contributed by atoms with E-state index in [0.29, 0.717) is 12.6 Å². The minimum absolute atomic E-state index is 0.252. The molecule has 0 radical (unpaired) electrons. The van der Waals surface area contributed by atoms with Gasteiger partial charge < -0.3 is 10.2 Å². The largest absolute Gasteiger partial charge is 0.356 e. The number of nitrogens with zero attached hydrogens (tertiary/aromatic N) is 2. The van der Waals surface area contributed by atoms with Crippen molar-refractivity contribution in [3.63, 3.8) is 0 Å². The van der Waals surface area contributed by atoms with Gasteiger partial charge in [0.25, 0.3) is 0 Å². The topological polar surface area (TPSA) is 28.2 Å². The fraction of sp³-hybridized carbons (Fsp3) is 0.688. The first kappa shape index (κ1) is 15.2. The second kappa shape index (κ2) is 7.02. The van der Waals surface area contributed by atoms with E-state index in [1.54, 1.807) is 6.07 Å². The summed E-state index contributed by atoms with van der Waals surface area (Å²) in [6.45, 7) is 9.19. The molecule has 1 aliphatic heterocycles. The van der Waals surface area contributed by atoms with E-state index in [1.807, 2.05) is 0 Å². The van der Waals surface area contributed by atoms with Gasteiger partial charge in [-0.3, -0.25) is 0 Å². The van der Waals surface area contributed by atoms with E-state index >= 15 is 0 Å². The molecule has 1 N–H and O–H groups in total. The third-order valence-corrected chi connectivity index (χ3v) is 4.01. The Labute approximate surface area is 121 Å². The van der Waals surface area contributed by atoms with Gasteiger partial charge >= 0.3 is 0 Å². The lowest BCUT2D eigenvalue weighted by molar-refractivity contribution is 0.402. The van der Waals surface area contributed by atoms with Gasteiger partial charge in [0.05, 0.1) is 6.20 Å². The fourth-order valence-electron chi connectivity index (χ4n) is 2.79. The molecule has 112 valence electrons. The molecule has 4 heteroatoms. The summed E-state index contributed by atoms with van der Waals surface area (Å²) in [4.78, 5) is 6.69. The minimum Gasteiger partial charge on any atom is -0.356 e. The summed E-state index contributed by atoms with van der Waals surface area (Å²) in [6, 6.07) is 2.00. The fourth-order valence-corrected chi connectivity index (χ4v) is 2.79. The Kier molecular flexibility index (Phi) is 5.35. The number of rotatable bonds is 5. The van der Waals surface area contributed by atoms with E-state index in [1.165, 1.54) is 25.5 Å². The Morgan fingerprint density at radius 2 is 2.30 bits per heavy atom. The highest BCUT2D eigenvalue weighted by molar-refractivity contribution is 5.47. The number of piperidine rings is 1. The van der Waals surface area contributed by atoms with Gasteiger partial charge in [-0.2, -0.15) is 0 Å². The van der Waals surface area contributed by atoms with Crippen molar-refractivity contribution in [1.82, 2.24) is 10.3 Å². The Balaban J connectivity index is 2.16. The number of aromatic nitrogens is 1. The van der Waals surface area contributed by atoms with Gasteiger partial charge in [0, 0.05) is 31.2 Å². The van der Waals surface area contributed by atoms with Crippen molar-refractivity contribution in [1.29, 1.82) is 0 Å². The lowest BCUT2D eigenvalue weighted by Crippen LogP contribution is -2.37. The maximum Gasteiger partial charge on any atom is 0.141 e. The quantitative estimate of drug-likeness (QED) is 0.896. The van der Waals surface area contributed by atoms with Crippen LogP contribution in [-0.4, -0.2) is 24.1 Å². The molecule has 1 saturated heterocycles. The second-order valence-electron chi connectivity index (χ2n) is 6.03. The van der Waals surface area contributed by atoms with Crippen molar-refractivity contribution in [3.8, 4) is 0 Å². The van der Waals surface area contributed by atoms with E-state index in [9.17, 15) is 4.39 Å². The average Bonchev–Trinajstić information content (AvgIpc) is 2.45. The summed E-state index contributed by atoms with van der Waals surface area (Å²) in [5.41, 5.74) is 0.968. The van der Waals surface area contributed by atoms with Crippen molar-refractivity contribution >= 4 is 5.82 Å². The highest BCUT2D eigenvalue weighted by Gasteiger charge is 2.21. The average molecular weight is 279 g/mol. The molecule has 0 amide bonds. The third-order valence-electron chi connectivity index (χ3n) is 4.01. The predicted octanol–water partition coefficient (Wildman–Crippen LogP) is 3.35. The first-order chi connectivity index (χ1) is 9.60. The molecule has 0 aliphatic carbocycles. The SMILES string of the molecule is CCC1CCCN(c2ncc(F)cc2CNC(C)C)C1. The molecular formula is C16H26FN3. The summed E-state index contributed by atoms with van der Waals surface area (Å²) in [7, 11) is 0. The Bertz CT molecular complexity index is 434. The second-order valence-corrected chi connectivity index (χ2v) is 6.03. The number of halogens is 1. The van der Waals surface area contributed by atoms with Crippen molar-refractivity contribution in [3.05, 3.63) is 23.6 Å². The van der Waals surface area contributed by atoms with Gasteiger partial charge in [-0.1, -0.05) is 27.2 Å². The van der Waals surface area contributed by atoms with Crippen LogP contribution in [-0.2, 0) is 6.54 Å². The van der Waals surface area contributed by atoms with Crippen LogP contribution in [0.4, 0.5) is 10.2 Å². The van der Waals surface area contributed by atoms with E-state index in [4.69, 9.17) is 0 Å². The van der Waals surface area contributed by atoms with Crippen LogP contribution in [0.5, 0.6) is 0 Å². The lowest BCUT2D eigenvalue weighted by atomic mass is 9.95. The Hall–Kier alpha value is -1.16. The van der Waals surface area contributed by atoms with E-state index in [0.717, 1.165) is 30.4 Å². The van der Waals surface area contributed by atoms with Crippen molar-refractivity contribution in [2.24, 2.45) is 5.92 Å². The Morgan fingerprint density at radius 1 is 1.50 bits per heavy atom. The van der Waals surface area contributed by atoms with Gasteiger partial charge in [0.15, 0.2) is 0 Å². The molecule has 1 aliphatic rings. The number of hydrogen-bond donors (Lipinski definition) is 1. The van der Waals surface area contributed by atoms with Crippen LogP contribution in [0.2, 0.25) is 0 Å². The summed E-state index contributed by atoms with van der Waals surface area (Å²) in [5, 5.41) is 3.36. The lowest BCUT2D eigenvalue weighted by Gasteiger charge is -2.34. The molecule has 1 aromatic rings. The van der Waals surface area contributed by atoms with Crippen LogP contribution in [0, 0.1) is 11.7 Å². The summed E-state index contributed by atoms with van der Waals surface area (Å²) in [5.74, 6) is 1.44. The van der Waals surface area contributed by atoms with Gasteiger partial charge in [-0.05, 0) is 24.8 Å². The summed E-state index contributed by atoms with van der Waals surface area (Å²) >= 11 is 0. The third kappa shape index (κ3) is 3.92. The van der Waals surface area contributed by atoms with Crippen LogP contribution < -0.4 is 10.2 Å². The van der Waals surface area contributed by atoms with Crippen LogP contribution in [0.15, 0.2) is 12.3 Å². The smallest absolute Gasteiger partial charge is 0.141 e. The first-order valence-corrected chi connectivity index (χ1v) is 7.73. The molecule has 1 aromatic heterocycles. The molecular weight excluding hydrogens is 253 g/mol. The highest BCUT2D eigenvalue weighted by atomic mass is 19.1. The van der Waals surface area contributed by atoms with Crippen LogP contribution in [0.1, 0.15) is 45.6 Å². The van der Waals surface area contributed by atoms with Crippen LogP contribution in [0.25, 0.3) is 0 Å². The summed E-state index contributed by atoms with van der Waals surface area (Å²) in [6.07, 6.45) is 5.05. The number of hydrogen-bond acceptors (Lipinski definition) is 3. The summed E-state index contributed by atoms with van der Waals surface area (Å²) < 4.78 is 13.5. The number of anilines is 1. The molecule has 0 aromatic carbocycles. The van der Waals surface area contributed by atoms with E-state index in [2.05, 4.69) is 36.0 Å². The molecule has 20 heavy (non-hydrogen) atoms. The zero-order chi connectivity index (χ0) is 14.5. The zero-order valence-corrected chi connectivity index (χ0v) is 12.8. The Morgan fingerprint density at radius 3 is 3.00 bits per heavy atom. The van der Waals surface area contributed by atoms with Gasteiger partial charge in [-0.15, -0.1) is 0 Å². The molecule has 2 heterocycles. The van der Waals surface area contributed by atoms with Crippen molar-refractivity contribution in [2.45, 2.75) is 52.6 Å². The van der Waals surface area contributed by atoms with Gasteiger partial charge in [-0.25, -0.2) is 9.37 Å². The molecule has 3 nitrogen and oxygen atoms in total. The minimum atomic E-state index is -0.252. The molecule has 1 atom stereocenters. The monoisotopic (exact) mass is 279 g/mol. The van der Waals surface area contributed by atoms with Crippen LogP contribution >= 0.6 is 0 Å². The molecule has 1 fully saturated rings. The van der Waals surface area contributed by atoms with Crippen molar-refractivity contribution in [2.75, 3.05) is 18.0 Å². The molecule has 2 rings (SSSR count). The number of pyridine rings is 1. The molecule has 1 unspecified atom stereocenters. The maximum absolute atomic E-state index is 13.5. The molecule has 0 bridgehead atoms. The van der Waals surface area contributed by atoms with Crippen molar-refractivity contribution < 1.29 is 4.39 Å². The zero-order valence-electron chi connectivity index (χ0n) is 12.8. The van der Waals surface area contributed by atoms with Gasteiger partial charge in [0.2, 0.25) is 0 Å². The number of nitrogens with one attached hydrogen (secondary N) is 1. The van der Waals surface area contributed by atoms with E-state index < -0.39 is 0 Å². The van der Waals surface area contributed by atoms with Gasteiger partial charge in [0.1, 0.15) is 11.6 Å². The normalized spacial score (nSPS) is 19.6. The molecule has 0 saturated carbocycles. The molecule has 0 spiro atoms. The standard InChI is InChI=1S/C16H26FN3/c1-4-13-6-5-7-20(11-13)16-14(9-18-12(2)3)8-15(17)10-19-16/h8,10,12-13,18H,4-7,9,11H2,1-3H3. The van der Waals surface area contributed by atoms with E-state index in [-0.39, 0.29) is 5.82 Å². The highest BCUT2D eigenvalue weighted by Crippen LogP contribution is 2.26. The predicted molar refractivity (Wildman–Crippen MR) is 81.4 cm³/mol. The maximum atomic E-state index is 13.5.